The van der Waals surface area contributed by atoms with Crippen LogP contribution in [-0.2, 0) is 19.5 Å². The fraction of sp³-hybridized carbons (Fsp3) is 0.529. The summed E-state index contributed by atoms with van der Waals surface area (Å²) >= 11 is 0. The predicted molar refractivity (Wildman–Crippen MR) is 89.6 cm³/mol. The average Bonchev–Trinajstić information content (AvgIpc) is 3.34. The Morgan fingerprint density at radius 3 is 3.00 bits per heavy atom. The van der Waals surface area contributed by atoms with Crippen molar-refractivity contribution in [3.8, 4) is 11.7 Å². The minimum atomic E-state index is 0.395. The maximum absolute atomic E-state index is 5.61. The number of nitrogens with one attached hydrogen (secondary N) is 1. The molecule has 0 spiro atoms. The van der Waals surface area contributed by atoms with Crippen molar-refractivity contribution < 1.29 is 8.83 Å². The van der Waals surface area contributed by atoms with Crippen molar-refractivity contribution in [2.45, 2.75) is 45.7 Å². The van der Waals surface area contributed by atoms with Crippen LogP contribution in [0.25, 0.3) is 11.7 Å². The first-order chi connectivity index (χ1) is 12.2. The molecule has 0 radical (unpaired) electrons. The molecule has 3 aromatic heterocycles. The third-order valence-electron chi connectivity index (χ3n) is 4.50. The normalized spacial score (nSPS) is 17.2. The van der Waals surface area contributed by atoms with E-state index < -0.39 is 0 Å². The zero-order chi connectivity index (χ0) is 17.2. The molecule has 0 unspecified atom stereocenters. The Hall–Kier alpha value is -2.48. The molecule has 0 saturated carbocycles. The third kappa shape index (κ3) is 3.34. The third-order valence-corrected chi connectivity index (χ3v) is 4.50. The summed E-state index contributed by atoms with van der Waals surface area (Å²) in [5, 5.41) is 20.1. The molecule has 1 N–H and O–H groups in total. The lowest BCUT2D eigenvalue weighted by atomic mass is 9.98. The van der Waals surface area contributed by atoms with Gasteiger partial charge in [0, 0.05) is 25.4 Å². The summed E-state index contributed by atoms with van der Waals surface area (Å²) in [5.74, 6) is 4.71. The molecule has 0 fully saturated rings. The number of hydrogen-bond acceptors (Lipinski definition) is 7. The highest BCUT2D eigenvalue weighted by atomic mass is 16.4. The summed E-state index contributed by atoms with van der Waals surface area (Å²) in [6, 6.07) is 3.60. The lowest BCUT2D eigenvalue weighted by molar-refractivity contribution is 0.333. The van der Waals surface area contributed by atoms with Gasteiger partial charge in [-0.25, -0.2) is 0 Å². The first-order valence-corrected chi connectivity index (χ1v) is 8.69. The Bertz CT molecular complexity index is 820. The van der Waals surface area contributed by atoms with Crippen molar-refractivity contribution in [1.82, 2.24) is 30.3 Å². The van der Waals surface area contributed by atoms with E-state index in [4.69, 9.17) is 8.83 Å². The van der Waals surface area contributed by atoms with E-state index in [1.807, 2.05) is 0 Å². The minimum absolute atomic E-state index is 0.395. The second kappa shape index (κ2) is 6.79. The van der Waals surface area contributed by atoms with Crippen molar-refractivity contribution in [3.63, 3.8) is 0 Å². The van der Waals surface area contributed by atoms with Crippen LogP contribution in [0.2, 0.25) is 0 Å². The summed E-state index contributed by atoms with van der Waals surface area (Å²) in [5.41, 5.74) is 0. The number of fused-ring (bicyclic) bond motifs is 1. The predicted octanol–water partition coefficient (Wildman–Crippen LogP) is 2.40. The number of aromatic nitrogens is 5. The number of hydrogen-bond donors (Lipinski definition) is 1. The van der Waals surface area contributed by atoms with Crippen LogP contribution in [0.3, 0.4) is 0 Å². The smallest absolute Gasteiger partial charge is 0.283 e. The average molecular weight is 342 g/mol. The lowest BCUT2D eigenvalue weighted by Crippen LogP contribution is -2.30. The van der Waals surface area contributed by atoms with Crippen LogP contribution in [0.1, 0.15) is 43.7 Å². The number of rotatable bonds is 6. The van der Waals surface area contributed by atoms with Crippen LogP contribution in [0.5, 0.6) is 0 Å². The van der Waals surface area contributed by atoms with Gasteiger partial charge >= 0.3 is 0 Å². The summed E-state index contributed by atoms with van der Waals surface area (Å²) in [6.45, 7) is 6.73. The highest BCUT2D eigenvalue weighted by molar-refractivity contribution is 5.42. The molecule has 4 rings (SSSR count). The van der Waals surface area contributed by atoms with Gasteiger partial charge in [-0.3, -0.25) is 0 Å². The van der Waals surface area contributed by atoms with Crippen LogP contribution >= 0.6 is 0 Å². The van der Waals surface area contributed by atoms with E-state index in [2.05, 4.69) is 44.1 Å². The zero-order valence-corrected chi connectivity index (χ0v) is 14.5. The fourth-order valence-electron chi connectivity index (χ4n) is 3.22. The largest absolute Gasteiger partial charge is 0.459 e. The van der Waals surface area contributed by atoms with E-state index in [0.29, 0.717) is 35.9 Å². The number of nitrogens with zero attached hydrogens (tertiary/aromatic N) is 5. The quantitative estimate of drug-likeness (QED) is 0.735. The molecule has 0 saturated heterocycles. The molecule has 1 atom stereocenters. The van der Waals surface area contributed by atoms with E-state index in [9.17, 15) is 0 Å². The lowest BCUT2D eigenvalue weighted by Gasteiger charge is -2.25. The molecule has 8 heteroatoms. The van der Waals surface area contributed by atoms with Crippen LogP contribution in [-0.4, -0.2) is 31.5 Å². The molecular formula is C17H22N6O2. The molecule has 132 valence electrons. The molecule has 1 aliphatic heterocycles. The highest BCUT2D eigenvalue weighted by Crippen LogP contribution is 2.23. The molecule has 0 aromatic carbocycles. The van der Waals surface area contributed by atoms with Gasteiger partial charge in [0.15, 0.2) is 5.76 Å². The van der Waals surface area contributed by atoms with Gasteiger partial charge in [-0.15, -0.1) is 20.4 Å². The van der Waals surface area contributed by atoms with Gasteiger partial charge in [0.25, 0.3) is 5.89 Å². The maximum atomic E-state index is 5.61. The monoisotopic (exact) mass is 342 g/mol. The standard InChI is InChI=1S/C17H22N6O2/c1-11(2)16-21-19-14-6-5-12(10-23(14)16)8-18-9-15-20-22-17(25-15)13-4-3-7-24-13/h3-4,7,11-12,18H,5-6,8-10H2,1-2H3/t12-/m1/s1. The van der Waals surface area contributed by atoms with Crippen molar-refractivity contribution in [2.24, 2.45) is 5.92 Å². The van der Waals surface area contributed by atoms with Gasteiger partial charge in [0.05, 0.1) is 12.8 Å². The topological polar surface area (TPSA) is 94.8 Å². The molecule has 0 bridgehead atoms. The van der Waals surface area contributed by atoms with Crippen molar-refractivity contribution in [1.29, 1.82) is 0 Å². The molecular weight excluding hydrogens is 320 g/mol. The molecule has 0 aliphatic carbocycles. The van der Waals surface area contributed by atoms with Crippen molar-refractivity contribution in [3.05, 3.63) is 35.9 Å². The van der Waals surface area contributed by atoms with Gasteiger partial charge in [-0.05, 0) is 24.5 Å². The highest BCUT2D eigenvalue weighted by Gasteiger charge is 2.23. The summed E-state index contributed by atoms with van der Waals surface area (Å²) in [4.78, 5) is 0. The zero-order valence-electron chi connectivity index (χ0n) is 14.5. The molecule has 8 nitrogen and oxygen atoms in total. The molecule has 0 amide bonds. The van der Waals surface area contributed by atoms with E-state index in [0.717, 1.165) is 37.6 Å². The first-order valence-electron chi connectivity index (χ1n) is 8.69. The van der Waals surface area contributed by atoms with Gasteiger partial charge in [-0.1, -0.05) is 13.8 Å². The Morgan fingerprint density at radius 2 is 2.20 bits per heavy atom. The summed E-state index contributed by atoms with van der Waals surface area (Å²) in [7, 11) is 0. The van der Waals surface area contributed by atoms with Crippen LogP contribution in [0, 0.1) is 5.92 Å². The maximum Gasteiger partial charge on any atom is 0.283 e. The van der Waals surface area contributed by atoms with Gasteiger partial charge in [-0.2, -0.15) is 0 Å². The summed E-state index contributed by atoms with van der Waals surface area (Å²) < 4.78 is 13.1. The Balaban J connectivity index is 1.31. The molecule has 25 heavy (non-hydrogen) atoms. The van der Waals surface area contributed by atoms with Crippen molar-refractivity contribution in [2.75, 3.05) is 6.54 Å². The minimum Gasteiger partial charge on any atom is -0.459 e. The molecule has 1 aliphatic rings. The SMILES string of the molecule is CC(C)c1nnc2n1C[C@@H](CNCc1nnc(-c3ccco3)o1)CC2. The van der Waals surface area contributed by atoms with Crippen LogP contribution in [0.4, 0.5) is 0 Å². The van der Waals surface area contributed by atoms with E-state index >= 15 is 0 Å². The number of furan rings is 1. The van der Waals surface area contributed by atoms with Gasteiger partial charge in [0.2, 0.25) is 5.89 Å². The molecule has 3 aromatic rings. The molecule has 4 heterocycles. The fourth-order valence-corrected chi connectivity index (χ4v) is 3.22. The van der Waals surface area contributed by atoms with Crippen molar-refractivity contribution >= 4 is 0 Å². The van der Waals surface area contributed by atoms with Gasteiger partial charge in [0.1, 0.15) is 11.6 Å². The first kappa shape index (κ1) is 16.0. The second-order valence-corrected chi connectivity index (χ2v) is 6.75. The van der Waals surface area contributed by atoms with Gasteiger partial charge < -0.3 is 18.7 Å². The summed E-state index contributed by atoms with van der Waals surface area (Å²) in [6.07, 6.45) is 3.69. The van der Waals surface area contributed by atoms with E-state index in [1.54, 1.807) is 18.4 Å². The number of aryl methyl sites for hydroxylation is 1. The Kier molecular flexibility index (Phi) is 4.35. The Labute approximate surface area is 145 Å². The van der Waals surface area contributed by atoms with Crippen LogP contribution in [0.15, 0.2) is 27.2 Å². The Morgan fingerprint density at radius 1 is 1.28 bits per heavy atom. The second-order valence-electron chi connectivity index (χ2n) is 6.75. The van der Waals surface area contributed by atoms with Crippen LogP contribution < -0.4 is 5.32 Å². The van der Waals surface area contributed by atoms with E-state index in [-0.39, 0.29) is 0 Å². The van der Waals surface area contributed by atoms with E-state index in [1.165, 1.54) is 0 Å².